The fraction of sp³-hybridized carbons (Fsp3) is 0. The fourth-order valence-electron chi connectivity index (χ4n) is 2.83. The van der Waals surface area contributed by atoms with Gasteiger partial charge >= 0.3 is 0 Å². The first-order valence-electron chi connectivity index (χ1n) is 8.97. The van der Waals surface area contributed by atoms with Crippen molar-refractivity contribution in [2.75, 3.05) is 10.0 Å². The minimum Gasteiger partial charge on any atom is -0.321 e. The summed E-state index contributed by atoms with van der Waals surface area (Å²) in [7, 11) is -3.75. The number of para-hydroxylation sites is 2. The van der Waals surface area contributed by atoms with Crippen LogP contribution in [0.5, 0.6) is 0 Å². The van der Waals surface area contributed by atoms with Crippen molar-refractivity contribution in [2.45, 2.75) is 4.90 Å². The van der Waals surface area contributed by atoms with E-state index in [2.05, 4.69) is 25.2 Å². The summed E-state index contributed by atoms with van der Waals surface area (Å²) in [5.41, 5.74) is 2.03. The maximum Gasteiger partial charge on any atom is 0.261 e. The molecule has 0 unspecified atom stereocenters. The predicted molar refractivity (Wildman–Crippen MR) is 113 cm³/mol. The maximum absolute atomic E-state index is 12.7. The number of aromatic nitrogens is 3. The first-order valence-corrected chi connectivity index (χ1v) is 10.5. The molecule has 0 saturated heterocycles. The second-order valence-electron chi connectivity index (χ2n) is 6.33. The van der Waals surface area contributed by atoms with E-state index >= 15 is 0 Å². The molecule has 0 spiro atoms. The third kappa shape index (κ3) is 4.20. The normalized spacial score (nSPS) is 11.1. The zero-order chi connectivity index (χ0) is 21.0. The number of hydrogen-bond donors (Lipinski definition) is 3. The van der Waals surface area contributed by atoms with Crippen molar-refractivity contribution in [1.82, 2.24) is 15.2 Å². The van der Waals surface area contributed by atoms with Crippen molar-refractivity contribution in [3.05, 3.63) is 90.8 Å². The number of nitrogens with one attached hydrogen (secondary N) is 3. The van der Waals surface area contributed by atoms with Gasteiger partial charge in [0.05, 0.1) is 10.6 Å². The first kappa shape index (κ1) is 19.3. The van der Waals surface area contributed by atoms with Gasteiger partial charge in [-0.3, -0.25) is 14.6 Å². The summed E-state index contributed by atoms with van der Waals surface area (Å²) < 4.78 is 27.5. The third-order valence-corrected chi connectivity index (χ3v) is 5.70. The Bertz CT molecular complexity index is 1260. The quantitative estimate of drug-likeness (QED) is 0.442. The van der Waals surface area contributed by atoms with Crippen molar-refractivity contribution in [2.24, 2.45) is 0 Å². The zero-order valence-electron chi connectivity index (χ0n) is 15.6. The predicted octanol–water partition coefficient (Wildman–Crippen LogP) is 3.52. The molecule has 4 rings (SSSR count). The van der Waals surface area contributed by atoms with Gasteiger partial charge in [-0.25, -0.2) is 13.4 Å². The lowest BCUT2D eigenvalue weighted by molar-refractivity contribution is 0.102. The SMILES string of the molecule is O=C(Nc1ccccc1-c1ncn[nH]1)c1ccc(S(=O)(=O)Nc2ccccc2)cc1. The van der Waals surface area contributed by atoms with Gasteiger partial charge < -0.3 is 5.32 Å². The molecule has 1 heterocycles. The molecule has 0 aliphatic heterocycles. The highest BCUT2D eigenvalue weighted by molar-refractivity contribution is 7.92. The topological polar surface area (TPSA) is 117 Å². The molecule has 0 atom stereocenters. The van der Waals surface area contributed by atoms with E-state index in [1.165, 1.54) is 30.6 Å². The molecule has 0 aliphatic carbocycles. The molecular weight excluding hydrogens is 402 g/mol. The number of H-pyrrole nitrogens is 1. The Morgan fingerprint density at radius 2 is 1.57 bits per heavy atom. The van der Waals surface area contributed by atoms with Crippen LogP contribution in [0.3, 0.4) is 0 Å². The molecule has 8 nitrogen and oxygen atoms in total. The van der Waals surface area contributed by atoms with Gasteiger partial charge in [0.25, 0.3) is 15.9 Å². The highest BCUT2D eigenvalue weighted by Gasteiger charge is 2.16. The van der Waals surface area contributed by atoms with Crippen LogP contribution >= 0.6 is 0 Å². The molecule has 3 N–H and O–H groups in total. The Balaban J connectivity index is 1.52. The van der Waals surface area contributed by atoms with Gasteiger partial charge in [-0.1, -0.05) is 30.3 Å². The average Bonchev–Trinajstić information content (AvgIpc) is 3.29. The summed E-state index contributed by atoms with van der Waals surface area (Å²) >= 11 is 0. The van der Waals surface area contributed by atoms with Crippen LogP contribution in [0.25, 0.3) is 11.4 Å². The van der Waals surface area contributed by atoms with Gasteiger partial charge in [-0.05, 0) is 48.5 Å². The van der Waals surface area contributed by atoms with Crippen molar-refractivity contribution in [3.8, 4) is 11.4 Å². The van der Waals surface area contributed by atoms with Gasteiger partial charge in [-0.15, -0.1) is 0 Å². The van der Waals surface area contributed by atoms with Gasteiger partial charge in [0.2, 0.25) is 0 Å². The minimum atomic E-state index is -3.75. The lowest BCUT2D eigenvalue weighted by atomic mass is 10.1. The zero-order valence-corrected chi connectivity index (χ0v) is 16.4. The van der Waals surface area contributed by atoms with E-state index in [1.54, 1.807) is 48.5 Å². The minimum absolute atomic E-state index is 0.0602. The Morgan fingerprint density at radius 3 is 2.27 bits per heavy atom. The second kappa shape index (κ2) is 8.18. The van der Waals surface area contributed by atoms with Crippen molar-refractivity contribution in [3.63, 3.8) is 0 Å². The number of amides is 1. The standard InChI is InChI=1S/C21H17N5O3S/c27-21(24-19-9-5-4-8-18(19)20-22-14-23-25-20)15-10-12-17(13-11-15)30(28,29)26-16-6-2-1-3-7-16/h1-14,26H,(H,24,27)(H,22,23,25). The van der Waals surface area contributed by atoms with Crippen LogP contribution in [-0.2, 0) is 10.0 Å². The fourth-order valence-corrected chi connectivity index (χ4v) is 3.89. The maximum atomic E-state index is 12.7. The third-order valence-electron chi connectivity index (χ3n) is 4.30. The number of sulfonamides is 1. The molecule has 0 bridgehead atoms. The lowest BCUT2D eigenvalue weighted by Gasteiger charge is -2.11. The largest absolute Gasteiger partial charge is 0.321 e. The molecule has 0 aliphatic rings. The molecule has 1 amide bonds. The molecular formula is C21H17N5O3S. The molecule has 30 heavy (non-hydrogen) atoms. The molecule has 0 radical (unpaired) electrons. The highest BCUT2D eigenvalue weighted by atomic mass is 32.2. The summed E-state index contributed by atoms with van der Waals surface area (Å²) in [5.74, 6) is 0.154. The molecule has 9 heteroatoms. The van der Waals surface area contributed by atoms with E-state index < -0.39 is 10.0 Å². The van der Waals surface area contributed by atoms with Gasteiger partial charge in [-0.2, -0.15) is 5.10 Å². The lowest BCUT2D eigenvalue weighted by Crippen LogP contribution is -2.15. The molecule has 3 aromatic carbocycles. The van der Waals surface area contributed by atoms with E-state index in [0.717, 1.165) is 0 Å². The number of carbonyl (C=O) groups is 1. The Morgan fingerprint density at radius 1 is 0.867 bits per heavy atom. The highest BCUT2D eigenvalue weighted by Crippen LogP contribution is 2.25. The number of aromatic amines is 1. The summed E-state index contributed by atoms with van der Waals surface area (Å²) in [6.45, 7) is 0. The first-order chi connectivity index (χ1) is 14.5. The van der Waals surface area contributed by atoms with Crippen LogP contribution in [0.1, 0.15) is 10.4 Å². The number of benzene rings is 3. The van der Waals surface area contributed by atoms with Crippen LogP contribution < -0.4 is 10.0 Å². The summed E-state index contributed by atoms with van der Waals surface area (Å²) in [5, 5.41) is 9.41. The summed E-state index contributed by atoms with van der Waals surface area (Å²) in [6, 6.07) is 21.5. The number of rotatable bonds is 6. The van der Waals surface area contributed by atoms with Gasteiger partial charge in [0.1, 0.15) is 6.33 Å². The van der Waals surface area contributed by atoms with Crippen molar-refractivity contribution < 1.29 is 13.2 Å². The number of anilines is 2. The smallest absolute Gasteiger partial charge is 0.261 e. The molecule has 0 fully saturated rings. The second-order valence-corrected chi connectivity index (χ2v) is 8.01. The van der Waals surface area contributed by atoms with E-state index in [0.29, 0.717) is 28.3 Å². The monoisotopic (exact) mass is 419 g/mol. The van der Waals surface area contributed by atoms with Crippen LogP contribution in [0.15, 0.2) is 90.1 Å². The Hall–Kier alpha value is -3.98. The van der Waals surface area contributed by atoms with Crippen LogP contribution in [0, 0.1) is 0 Å². The van der Waals surface area contributed by atoms with E-state index in [-0.39, 0.29) is 10.8 Å². The number of nitrogens with zero attached hydrogens (tertiary/aromatic N) is 2. The summed E-state index contributed by atoms with van der Waals surface area (Å²) in [6.07, 6.45) is 1.39. The Kier molecular flexibility index (Phi) is 5.27. The van der Waals surface area contributed by atoms with E-state index in [9.17, 15) is 13.2 Å². The van der Waals surface area contributed by atoms with Crippen LogP contribution in [0.4, 0.5) is 11.4 Å². The average molecular weight is 419 g/mol. The molecule has 4 aromatic rings. The van der Waals surface area contributed by atoms with Gasteiger partial charge in [0.15, 0.2) is 5.82 Å². The Labute approximate surface area is 173 Å². The molecule has 150 valence electrons. The number of carbonyl (C=O) groups excluding carboxylic acids is 1. The molecule has 0 saturated carbocycles. The van der Waals surface area contributed by atoms with Crippen molar-refractivity contribution >= 4 is 27.3 Å². The van der Waals surface area contributed by atoms with Crippen molar-refractivity contribution in [1.29, 1.82) is 0 Å². The molecule has 1 aromatic heterocycles. The van der Waals surface area contributed by atoms with E-state index in [1.807, 2.05) is 6.07 Å². The van der Waals surface area contributed by atoms with E-state index in [4.69, 9.17) is 0 Å². The number of hydrogen-bond acceptors (Lipinski definition) is 5. The van der Waals surface area contributed by atoms with Crippen LogP contribution in [-0.4, -0.2) is 29.5 Å². The van der Waals surface area contributed by atoms with Crippen LogP contribution in [0.2, 0.25) is 0 Å². The van der Waals surface area contributed by atoms with Gasteiger partial charge in [0, 0.05) is 16.8 Å². The summed E-state index contributed by atoms with van der Waals surface area (Å²) in [4.78, 5) is 16.8.